The third-order valence-corrected chi connectivity index (χ3v) is 4.34. The average molecular weight is 290 g/mol. The van der Waals surface area contributed by atoms with Gasteiger partial charge in [-0.2, -0.15) is 0 Å². The molecule has 1 saturated heterocycles. The van der Waals surface area contributed by atoms with E-state index < -0.39 is 0 Å². The van der Waals surface area contributed by atoms with Crippen LogP contribution in [0.3, 0.4) is 0 Å². The first-order valence-electron chi connectivity index (χ1n) is 8.34. The molecule has 1 aliphatic rings. The summed E-state index contributed by atoms with van der Waals surface area (Å²) in [6.07, 6.45) is 2.54. The van der Waals surface area contributed by atoms with Crippen molar-refractivity contribution in [2.75, 3.05) is 23.3 Å². The van der Waals surface area contributed by atoms with Crippen LogP contribution in [0.2, 0.25) is 0 Å². The molecule has 1 aromatic heterocycles. The van der Waals surface area contributed by atoms with Gasteiger partial charge >= 0.3 is 0 Å². The summed E-state index contributed by atoms with van der Waals surface area (Å²) in [5, 5.41) is 3.40. The summed E-state index contributed by atoms with van der Waals surface area (Å²) in [6.45, 7) is 15.2. The lowest BCUT2D eigenvalue weighted by molar-refractivity contribution is 0.488. The zero-order valence-corrected chi connectivity index (χ0v) is 14.4. The zero-order chi connectivity index (χ0) is 15.6. The molecule has 0 spiro atoms. The van der Waals surface area contributed by atoms with E-state index in [1.54, 1.807) is 0 Å². The van der Waals surface area contributed by atoms with Gasteiger partial charge in [-0.15, -0.1) is 0 Å². The van der Waals surface area contributed by atoms with Gasteiger partial charge < -0.3 is 10.2 Å². The van der Waals surface area contributed by atoms with E-state index in [2.05, 4.69) is 51.8 Å². The fourth-order valence-corrected chi connectivity index (χ4v) is 3.15. The Bertz CT molecular complexity index is 482. The smallest absolute Gasteiger partial charge is 0.137 e. The standard InChI is InChI=1S/C17H30N4/c1-7-18-16-13(6)17(20-15(19-16)12(4)5)21-10-8-9-14(21)11(2)3/h11-12,14H,7-10H2,1-6H3,(H,18,19,20). The molecule has 21 heavy (non-hydrogen) atoms. The van der Waals surface area contributed by atoms with Crippen molar-refractivity contribution < 1.29 is 0 Å². The Balaban J connectivity index is 2.46. The summed E-state index contributed by atoms with van der Waals surface area (Å²) in [6, 6.07) is 0.605. The summed E-state index contributed by atoms with van der Waals surface area (Å²) in [7, 11) is 0. The highest BCUT2D eigenvalue weighted by molar-refractivity contribution is 5.59. The number of anilines is 2. The van der Waals surface area contributed by atoms with E-state index >= 15 is 0 Å². The Labute approximate surface area is 129 Å². The van der Waals surface area contributed by atoms with Crippen molar-refractivity contribution in [3.8, 4) is 0 Å². The molecular formula is C17H30N4. The maximum absolute atomic E-state index is 4.90. The summed E-state index contributed by atoms with van der Waals surface area (Å²) >= 11 is 0. The molecule has 0 saturated carbocycles. The van der Waals surface area contributed by atoms with Gasteiger partial charge in [0, 0.05) is 30.6 Å². The molecule has 0 aliphatic carbocycles. The average Bonchev–Trinajstić information content (AvgIpc) is 2.90. The van der Waals surface area contributed by atoms with Gasteiger partial charge in [-0.25, -0.2) is 9.97 Å². The Morgan fingerprint density at radius 3 is 2.52 bits per heavy atom. The molecule has 1 N–H and O–H groups in total. The van der Waals surface area contributed by atoms with E-state index in [1.165, 1.54) is 18.4 Å². The van der Waals surface area contributed by atoms with Crippen LogP contribution in [0, 0.1) is 12.8 Å². The molecule has 2 heterocycles. The normalized spacial score (nSPS) is 18.9. The minimum absolute atomic E-state index is 0.349. The van der Waals surface area contributed by atoms with Gasteiger partial charge in [-0.05, 0) is 32.6 Å². The predicted octanol–water partition coefficient (Wildman–Crippen LogP) is 3.97. The van der Waals surface area contributed by atoms with Crippen LogP contribution >= 0.6 is 0 Å². The second-order valence-electron chi connectivity index (χ2n) is 6.71. The fourth-order valence-electron chi connectivity index (χ4n) is 3.15. The molecule has 0 amide bonds. The molecule has 0 radical (unpaired) electrons. The van der Waals surface area contributed by atoms with Gasteiger partial charge in [0.1, 0.15) is 17.5 Å². The number of aromatic nitrogens is 2. The second kappa shape index (κ2) is 6.63. The molecule has 1 aliphatic heterocycles. The quantitative estimate of drug-likeness (QED) is 0.891. The Morgan fingerprint density at radius 1 is 1.24 bits per heavy atom. The van der Waals surface area contributed by atoms with E-state index in [4.69, 9.17) is 9.97 Å². The molecule has 0 bridgehead atoms. The van der Waals surface area contributed by atoms with Gasteiger partial charge in [-0.3, -0.25) is 0 Å². The van der Waals surface area contributed by atoms with Gasteiger partial charge in [0.25, 0.3) is 0 Å². The monoisotopic (exact) mass is 290 g/mol. The Kier molecular flexibility index (Phi) is 5.07. The summed E-state index contributed by atoms with van der Waals surface area (Å²) < 4.78 is 0. The summed E-state index contributed by atoms with van der Waals surface area (Å²) in [5.41, 5.74) is 1.19. The van der Waals surface area contributed by atoms with Gasteiger partial charge in [0.15, 0.2) is 0 Å². The number of nitrogens with zero attached hydrogens (tertiary/aromatic N) is 3. The molecular weight excluding hydrogens is 260 g/mol. The fraction of sp³-hybridized carbons (Fsp3) is 0.765. The van der Waals surface area contributed by atoms with Crippen molar-refractivity contribution in [1.82, 2.24) is 9.97 Å². The molecule has 1 unspecified atom stereocenters. The lowest BCUT2D eigenvalue weighted by Crippen LogP contribution is -2.35. The molecule has 2 rings (SSSR count). The third kappa shape index (κ3) is 3.30. The summed E-state index contributed by atoms with van der Waals surface area (Å²) in [4.78, 5) is 12.1. The van der Waals surface area contributed by atoms with Crippen LogP contribution in [0.15, 0.2) is 0 Å². The van der Waals surface area contributed by atoms with Crippen LogP contribution in [0.5, 0.6) is 0 Å². The van der Waals surface area contributed by atoms with Gasteiger partial charge in [0.05, 0.1) is 0 Å². The van der Waals surface area contributed by atoms with Crippen LogP contribution < -0.4 is 10.2 Å². The number of rotatable bonds is 5. The highest BCUT2D eigenvalue weighted by Gasteiger charge is 2.30. The lowest BCUT2D eigenvalue weighted by Gasteiger charge is -2.31. The highest BCUT2D eigenvalue weighted by atomic mass is 15.3. The Morgan fingerprint density at radius 2 is 1.95 bits per heavy atom. The third-order valence-electron chi connectivity index (χ3n) is 4.34. The van der Waals surface area contributed by atoms with Crippen LogP contribution in [0.25, 0.3) is 0 Å². The van der Waals surface area contributed by atoms with Crippen molar-refractivity contribution in [1.29, 1.82) is 0 Å². The molecule has 0 aromatic carbocycles. The first-order chi connectivity index (χ1) is 9.95. The minimum Gasteiger partial charge on any atom is -0.370 e. The lowest BCUT2D eigenvalue weighted by atomic mass is 10.0. The first kappa shape index (κ1) is 16.1. The van der Waals surface area contributed by atoms with Crippen molar-refractivity contribution in [3.05, 3.63) is 11.4 Å². The SMILES string of the molecule is CCNc1nc(C(C)C)nc(N2CCCC2C(C)C)c1C. The minimum atomic E-state index is 0.349. The summed E-state index contributed by atoms with van der Waals surface area (Å²) in [5.74, 6) is 4.09. The largest absolute Gasteiger partial charge is 0.370 e. The number of nitrogens with one attached hydrogen (secondary N) is 1. The van der Waals surface area contributed by atoms with E-state index in [-0.39, 0.29) is 0 Å². The highest BCUT2D eigenvalue weighted by Crippen LogP contribution is 2.33. The molecule has 4 nitrogen and oxygen atoms in total. The maximum Gasteiger partial charge on any atom is 0.137 e. The van der Waals surface area contributed by atoms with Crippen LogP contribution in [0.4, 0.5) is 11.6 Å². The van der Waals surface area contributed by atoms with E-state index in [9.17, 15) is 0 Å². The topological polar surface area (TPSA) is 41.1 Å². The molecule has 118 valence electrons. The molecule has 4 heteroatoms. The van der Waals surface area contributed by atoms with Crippen LogP contribution in [-0.2, 0) is 0 Å². The molecule has 1 atom stereocenters. The van der Waals surface area contributed by atoms with E-state index in [0.29, 0.717) is 17.9 Å². The molecule has 1 fully saturated rings. The number of hydrogen-bond donors (Lipinski definition) is 1. The maximum atomic E-state index is 4.90. The molecule has 1 aromatic rings. The van der Waals surface area contributed by atoms with Crippen molar-refractivity contribution in [2.45, 2.75) is 66.3 Å². The van der Waals surface area contributed by atoms with Crippen molar-refractivity contribution in [3.63, 3.8) is 0 Å². The number of hydrogen-bond acceptors (Lipinski definition) is 4. The zero-order valence-electron chi connectivity index (χ0n) is 14.4. The van der Waals surface area contributed by atoms with Crippen LogP contribution in [0.1, 0.15) is 64.8 Å². The van der Waals surface area contributed by atoms with Gasteiger partial charge in [0.2, 0.25) is 0 Å². The predicted molar refractivity (Wildman–Crippen MR) is 90.2 cm³/mol. The Hall–Kier alpha value is -1.32. The second-order valence-corrected chi connectivity index (χ2v) is 6.71. The van der Waals surface area contributed by atoms with Crippen molar-refractivity contribution in [2.24, 2.45) is 5.92 Å². The van der Waals surface area contributed by atoms with Crippen LogP contribution in [-0.4, -0.2) is 29.1 Å². The van der Waals surface area contributed by atoms with E-state index in [0.717, 1.165) is 30.5 Å². The van der Waals surface area contributed by atoms with Gasteiger partial charge in [-0.1, -0.05) is 27.7 Å². The first-order valence-corrected chi connectivity index (χ1v) is 8.34. The van der Waals surface area contributed by atoms with E-state index in [1.807, 2.05) is 0 Å². The van der Waals surface area contributed by atoms with Crippen molar-refractivity contribution >= 4 is 11.6 Å².